The molecule has 3 nitrogen and oxygen atoms in total. The zero-order chi connectivity index (χ0) is 14.4. The van der Waals surface area contributed by atoms with Crippen LogP contribution in [0.25, 0.3) is 0 Å². The van der Waals surface area contributed by atoms with Crippen LogP contribution in [-0.4, -0.2) is 16.1 Å². The molecule has 0 saturated heterocycles. The van der Waals surface area contributed by atoms with E-state index in [1.807, 2.05) is 12.5 Å². The molecule has 0 atom stereocenters. The van der Waals surface area contributed by atoms with Gasteiger partial charge < -0.3 is 9.88 Å². The molecule has 0 aliphatic carbocycles. The molecule has 2 rings (SSSR count). The van der Waals surface area contributed by atoms with Crippen molar-refractivity contribution in [2.75, 3.05) is 6.54 Å². The van der Waals surface area contributed by atoms with E-state index in [1.54, 1.807) is 0 Å². The summed E-state index contributed by atoms with van der Waals surface area (Å²) in [6, 6.07) is 8.59. The summed E-state index contributed by atoms with van der Waals surface area (Å²) in [7, 11) is 0. The molecular weight excluding hydrogens is 246 g/mol. The zero-order valence-corrected chi connectivity index (χ0v) is 12.8. The lowest BCUT2D eigenvalue weighted by Gasteiger charge is -2.11. The summed E-state index contributed by atoms with van der Waals surface area (Å²) in [6.45, 7) is 9.55. The standard InChI is InChI=1S/C17H25N3/c1-14(2)10-18-11-17-12-19-13-20(17)9-8-16-7-5-4-6-15(16)3/h4-7,12-14,18H,8-11H2,1-3H3. The van der Waals surface area contributed by atoms with Crippen LogP contribution >= 0.6 is 0 Å². The summed E-state index contributed by atoms with van der Waals surface area (Å²) in [5, 5.41) is 3.48. The van der Waals surface area contributed by atoms with Gasteiger partial charge in [0.15, 0.2) is 0 Å². The van der Waals surface area contributed by atoms with Crippen molar-refractivity contribution in [2.45, 2.75) is 40.3 Å². The lowest BCUT2D eigenvalue weighted by atomic mass is 10.1. The summed E-state index contributed by atoms with van der Waals surface area (Å²) < 4.78 is 2.25. The minimum atomic E-state index is 0.679. The van der Waals surface area contributed by atoms with Gasteiger partial charge in [-0.1, -0.05) is 38.1 Å². The molecular formula is C17H25N3. The number of nitrogens with one attached hydrogen (secondary N) is 1. The lowest BCUT2D eigenvalue weighted by molar-refractivity contribution is 0.533. The van der Waals surface area contributed by atoms with Crippen LogP contribution < -0.4 is 5.32 Å². The van der Waals surface area contributed by atoms with E-state index in [0.29, 0.717) is 5.92 Å². The Labute approximate surface area is 122 Å². The van der Waals surface area contributed by atoms with Crippen LogP contribution in [0.15, 0.2) is 36.8 Å². The van der Waals surface area contributed by atoms with Crippen LogP contribution in [0.5, 0.6) is 0 Å². The van der Waals surface area contributed by atoms with Gasteiger partial charge in [-0.3, -0.25) is 0 Å². The van der Waals surface area contributed by atoms with Crippen LogP contribution in [0, 0.1) is 12.8 Å². The number of aryl methyl sites for hydroxylation is 3. The lowest BCUT2D eigenvalue weighted by Crippen LogP contribution is -2.21. The Balaban J connectivity index is 1.90. The molecule has 1 heterocycles. The molecule has 0 aliphatic rings. The van der Waals surface area contributed by atoms with Crippen LogP contribution in [0.3, 0.4) is 0 Å². The third kappa shape index (κ3) is 4.20. The molecule has 0 unspecified atom stereocenters. The van der Waals surface area contributed by atoms with Crippen molar-refractivity contribution in [1.29, 1.82) is 0 Å². The van der Waals surface area contributed by atoms with Crippen LogP contribution in [-0.2, 0) is 19.5 Å². The average molecular weight is 271 g/mol. The molecule has 1 N–H and O–H groups in total. The molecule has 1 aromatic carbocycles. The summed E-state index contributed by atoms with van der Waals surface area (Å²) in [6.07, 6.45) is 4.95. The topological polar surface area (TPSA) is 29.9 Å². The first-order chi connectivity index (χ1) is 9.66. The molecule has 0 fully saturated rings. The van der Waals surface area contributed by atoms with E-state index in [2.05, 4.69) is 59.9 Å². The Kier molecular flexibility index (Phi) is 5.36. The van der Waals surface area contributed by atoms with E-state index in [-0.39, 0.29) is 0 Å². The molecule has 0 bridgehead atoms. The first-order valence-corrected chi connectivity index (χ1v) is 7.41. The molecule has 108 valence electrons. The zero-order valence-electron chi connectivity index (χ0n) is 12.8. The number of aromatic nitrogens is 2. The number of rotatable bonds is 7. The highest BCUT2D eigenvalue weighted by Gasteiger charge is 2.04. The normalized spacial score (nSPS) is 11.2. The van der Waals surface area contributed by atoms with E-state index in [9.17, 15) is 0 Å². The van der Waals surface area contributed by atoms with Gasteiger partial charge in [-0.2, -0.15) is 0 Å². The maximum atomic E-state index is 4.28. The predicted octanol–water partition coefficient (Wildman–Crippen LogP) is 3.18. The molecule has 0 spiro atoms. The summed E-state index contributed by atoms with van der Waals surface area (Å²) in [5.74, 6) is 0.679. The van der Waals surface area contributed by atoms with E-state index >= 15 is 0 Å². The van der Waals surface area contributed by atoms with Gasteiger partial charge in [-0.25, -0.2) is 4.98 Å². The van der Waals surface area contributed by atoms with E-state index in [0.717, 1.165) is 26.1 Å². The molecule has 3 heteroatoms. The minimum absolute atomic E-state index is 0.679. The van der Waals surface area contributed by atoms with Crippen LogP contribution in [0.2, 0.25) is 0 Å². The molecule has 2 aromatic rings. The quantitative estimate of drug-likeness (QED) is 0.838. The number of hydrogen-bond acceptors (Lipinski definition) is 2. The van der Waals surface area contributed by atoms with Gasteiger partial charge in [0.05, 0.1) is 12.0 Å². The number of nitrogens with zero attached hydrogens (tertiary/aromatic N) is 2. The van der Waals surface area contributed by atoms with Crippen molar-refractivity contribution >= 4 is 0 Å². The minimum Gasteiger partial charge on any atom is -0.333 e. The Hall–Kier alpha value is -1.61. The third-order valence-corrected chi connectivity index (χ3v) is 3.54. The van der Waals surface area contributed by atoms with Gasteiger partial charge in [0, 0.05) is 19.3 Å². The molecule has 0 saturated carbocycles. The highest BCUT2D eigenvalue weighted by molar-refractivity contribution is 5.25. The fraction of sp³-hybridized carbons (Fsp3) is 0.471. The van der Waals surface area contributed by atoms with Gasteiger partial charge in [-0.15, -0.1) is 0 Å². The fourth-order valence-electron chi connectivity index (χ4n) is 2.32. The first-order valence-electron chi connectivity index (χ1n) is 7.41. The first kappa shape index (κ1) is 14.8. The maximum Gasteiger partial charge on any atom is 0.0948 e. The Morgan fingerprint density at radius 3 is 2.80 bits per heavy atom. The average Bonchev–Trinajstić information content (AvgIpc) is 2.85. The van der Waals surface area contributed by atoms with Gasteiger partial charge in [0.2, 0.25) is 0 Å². The highest BCUT2D eigenvalue weighted by atomic mass is 15.1. The monoisotopic (exact) mass is 271 g/mol. The van der Waals surface area contributed by atoms with Crippen LogP contribution in [0.1, 0.15) is 30.7 Å². The second-order valence-electron chi connectivity index (χ2n) is 5.78. The molecule has 20 heavy (non-hydrogen) atoms. The third-order valence-electron chi connectivity index (χ3n) is 3.54. The van der Waals surface area contributed by atoms with Gasteiger partial charge in [0.25, 0.3) is 0 Å². The maximum absolute atomic E-state index is 4.28. The largest absolute Gasteiger partial charge is 0.333 e. The Morgan fingerprint density at radius 1 is 1.25 bits per heavy atom. The fourth-order valence-corrected chi connectivity index (χ4v) is 2.32. The highest BCUT2D eigenvalue weighted by Crippen LogP contribution is 2.10. The number of benzene rings is 1. The van der Waals surface area contributed by atoms with Gasteiger partial charge in [-0.05, 0) is 36.9 Å². The van der Waals surface area contributed by atoms with E-state index in [1.165, 1.54) is 16.8 Å². The van der Waals surface area contributed by atoms with Crippen LogP contribution in [0.4, 0.5) is 0 Å². The van der Waals surface area contributed by atoms with Crippen molar-refractivity contribution < 1.29 is 0 Å². The Morgan fingerprint density at radius 2 is 2.05 bits per heavy atom. The van der Waals surface area contributed by atoms with Crippen molar-refractivity contribution in [2.24, 2.45) is 5.92 Å². The SMILES string of the molecule is Cc1ccccc1CCn1cncc1CNCC(C)C. The van der Waals surface area contributed by atoms with E-state index < -0.39 is 0 Å². The van der Waals surface area contributed by atoms with Gasteiger partial charge in [0.1, 0.15) is 0 Å². The molecule has 1 aromatic heterocycles. The second kappa shape index (κ2) is 7.25. The van der Waals surface area contributed by atoms with Crippen molar-refractivity contribution in [1.82, 2.24) is 14.9 Å². The molecule has 0 amide bonds. The summed E-state index contributed by atoms with van der Waals surface area (Å²) in [4.78, 5) is 4.28. The van der Waals surface area contributed by atoms with Crippen molar-refractivity contribution in [3.8, 4) is 0 Å². The van der Waals surface area contributed by atoms with Crippen molar-refractivity contribution in [3.63, 3.8) is 0 Å². The second-order valence-corrected chi connectivity index (χ2v) is 5.78. The number of hydrogen-bond donors (Lipinski definition) is 1. The summed E-state index contributed by atoms with van der Waals surface area (Å²) >= 11 is 0. The Bertz CT molecular complexity index is 529. The molecule has 0 radical (unpaired) electrons. The molecule has 0 aliphatic heterocycles. The predicted molar refractivity (Wildman–Crippen MR) is 83.7 cm³/mol. The number of imidazole rings is 1. The summed E-state index contributed by atoms with van der Waals surface area (Å²) in [5.41, 5.74) is 4.05. The van der Waals surface area contributed by atoms with E-state index in [4.69, 9.17) is 0 Å². The van der Waals surface area contributed by atoms with Gasteiger partial charge >= 0.3 is 0 Å². The smallest absolute Gasteiger partial charge is 0.0948 e. The van der Waals surface area contributed by atoms with Crippen molar-refractivity contribution in [3.05, 3.63) is 53.6 Å².